The Bertz CT molecular complexity index is 1240. The van der Waals surface area contributed by atoms with Crippen LogP contribution in [0, 0.1) is 0 Å². The number of fused-ring (bicyclic) bond motifs is 1. The van der Waals surface area contributed by atoms with E-state index in [1.165, 1.54) is 11.0 Å². The molecule has 0 saturated heterocycles. The number of hydrogen-bond acceptors (Lipinski definition) is 7. The van der Waals surface area contributed by atoms with Crippen LogP contribution in [0.4, 0.5) is 0 Å². The second kappa shape index (κ2) is 7.83. The van der Waals surface area contributed by atoms with E-state index in [1.54, 1.807) is 42.5 Å². The molecule has 4 aromatic rings. The minimum absolute atomic E-state index is 0.366. The van der Waals surface area contributed by atoms with E-state index in [9.17, 15) is 9.59 Å². The third kappa shape index (κ3) is 3.78. The lowest BCUT2D eigenvalue weighted by molar-refractivity contribution is 0.0252. The molecule has 1 aliphatic heterocycles. The predicted octanol–water partition coefficient (Wildman–Crippen LogP) is 3.34. The topological polar surface area (TPSA) is 96.2 Å². The molecule has 0 saturated carbocycles. The summed E-state index contributed by atoms with van der Waals surface area (Å²) in [6, 6.07) is 21.2. The van der Waals surface area contributed by atoms with Crippen molar-refractivity contribution >= 4 is 11.9 Å². The number of aromatic nitrogens is 4. The SMILES string of the molecule is O=C(Oc1ccc(-n2cnnn2)cc1)c1ccc2c(c1)C[C@@H](c1ccccc1)OC2=O. The van der Waals surface area contributed by atoms with Gasteiger partial charge in [-0.05, 0) is 64.0 Å². The van der Waals surface area contributed by atoms with Gasteiger partial charge in [-0.2, -0.15) is 0 Å². The quantitative estimate of drug-likeness (QED) is 0.375. The van der Waals surface area contributed by atoms with Crippen molar-refractivity contribution in [3.8, 4) is 11.4 Å². The smallest absolute Gasteiger partial charge is 0.343 e. The fourth-order valence-corrected chi connectivity index (χ4v) is 3.49. The molecule has 152 valence electrons. The number of benzene rings is 3. The summed E-state index contributed by atoms with van der Waals surface area (Å²) in [4.78, 5) is 25.1. The highest BCUT2D eigenvalue weighted by Gasteiger charge is 2.28. The van der Waals surface area contributed by atoms with Gasteiger partial charge in [-0.15, -0.1) is 5.10 Å². The number of carbonyl (C=O) groups excluding carboxylic acids is 2. The number of tetrazole rings is 1. The molecule has 8 nitrogen and oxygen atoms in total. The molecule has 0 unspecified atom stereocenters. The Morgan fingerprint density at radius 2 is 1.84 bits per heavy atom. The van der Waals surface area contributed by atoms with Crippen LogP contribution < -0.4 is 4.74 Å². The molecule has 1 aromatic heterocycles. The van der Waals surface area contributed by atoms with Gasteiger partial charge >= 0.3 is 11.9 Å². The fraction of sp³-hybridized carbons (Fsp3) is 0.0870. The van der Waals surface area contributed by atoms with Crippen LogP contribution in [0.3, 0.4) is 0 Å². The average Bonchev–Trinajstić information content (AvgIpc) is 3.35. The number of cyclic esters (lactones) is 1. The number of rotatable bonds is 4. The molecule has 0 N–H and O–H groups in total. The molecular formula is C23H16N4O4. The van der Waals surface area contributed by atoms with Crippen molar-refractivity contribution in [2.45, 2.75) is 12.5 Å². The lowest BCUT2D eigenvalue weighted by Crippen LogP contribution is -2.22. The summed E-state index contributed by atoms with van der Waals surface area (Å²) >= 11 is 0. The molecule has 5 rings (SSSR count). The minimum atomic E-state index is -0.506. The summed E-state index contributed by atoms with van der Waals surface area (Å²) < 4.78 is 12.5. The summed E-state index contributed by atoms with van der Waals surface area (Å²) in [5.74, 6) is -0.512. The Hall–Kier alpha value is -4.33. The van der Waals surface area contributed by atoms with Crippen molar-refractivity contribution in [1.82, 2.24) is 20.2 Å². The summed E-state index contributed by atoms with van der Waals surface area (Å²) in [5.41, 5.74) is 3.24. The molecule has 0 spiro atoms. The molecule has 2 heterocycles. The van der Waals surface area contributed by atoms with E-state index < -0.39 is 11.9 Å². The molecule has 0 amide bonds. The van der Waals surface area contributed by atoms with Crippen LogP contribution in [0.1, 0.15) is 37.9 Å². The van der Waals surface area contributed by atoms with Gasteiger partial charge in [0.1, 0.15) is 18.2 Å². The second-order valence-electron chi connectivity index (χ2n) is 7.02. The van der Waals surface area contributed by atoms with Gasteiger partial charge in [-0.3, -0.25) is 0 Å². The van der Waals surface area contributed by atoms with E-state index in [2.05, 4.69) is 15.5 Å². The molecule has 8 heteroatoms. The number of esters is 2. The third-order valence-corrected chi connectivity index (χ3v) is 5.05. The van der Waals surface area contributed by atoms with Crippen molar-refractivity contribution in [3.63, 3.8) is 0 Å². The van der Waals surface area contributed by atoms with Gasteiger partial charge in [0.15, 0.2) is 0 Å². The Morgan fingerprint density at radius 1 is 1.03 bits per heavy atom. The van der Waals surface area contributed by atoms with E-state index >= 15 is 0 Å². The molecule has 1 atom stereocenters. The van der Waals surface area contributed by atoms with Crippen molar-refractivity contribution in [1.29, 1.82) is 0 Å². The number of hydrogen-bond donors (Lipinski definition) is 0. The van der Waals surface area contributed by atoms with E-state index in [1.807, 2.05) is 30.3 Å². The Labute approximate surface area is 177 Å². The maximum absolute atomic E-state index is 12.7. The Morgan fingerprint density at radius 3 is 2.58 bits per heavy atom. The van der Waals surface area contributed by atoms with E-state index in [-0.39, 0.29) is 6.10 Å². The van der Waals surface area contributed by atoms with Crippen LogP contribution >= 0.6 is 0 Å². The van der Waals surface area contributed by atoms with Crippen molar-refractivity contribution < 1.29 is 19.1 Å². The number of ether oxygens (including phenoxy) is 2. The molecule has 31 heavy (non-hydrogen) atoms. The van der Waals surface area contributed by atoms with Gasteiger partial charge < -0.3 is 9.47 Å². The van der Waals surface area contributed by atoms with Crippen LogP contribution in [0.25, 0.3) is 5.69 Å². The van der Waals surface area contributed by atoms with Crippen molar-refractivity contribution in [3.05, 3.63) is 101 Å². The van der Waals surface area contributed by atoms with Gasteiger partial charge in [-0.25, -0.2) is 14.3 Å². The lowest BCUT2D eigenvalue weighted by Gasteiger charge is -2.25. The molecule has 1 aliphatic rings. The normalized spacial score (nSPS) is 15.1. The number of nitrogens with zero attached hydrogens (tertiary/aromatic N) is 4. The molecule has 0 bridgehead atoms. The zero-order valence-corrected chi connectivity index (χ0v) is 16.2. The summed E-state index contributed by atoms with van der Waals surface area (Å²) in [6.07, 6.45) is 1.58. The average molecular weight is 412 g/mol. The zero-order valence-electron chi connectivity index (χ0n) is 16.2. The first-order valence-electron chi connectivity index (χ1n) is 9.62. The molecule has 0 radical (unpaired) electrons. The summed E-state index contributed by atoms with van der Waals surface area (Å²) in [7, 11) is 0. The first-order valence-corrected chi connectivity index (χ1v) is 9.62. The highest BCUT2D eigenvalue weighted by molar-refractivity contribution is 5.96. The van der Waals surface area contributed by atoms with Crippen LogP contribution in [0.15, 0.2) is 79.1 Å². The van der Waals surface area contributed by atoms with Crippen LogP contribution in [0.2, 0.25) is 0 Å². The van der Waals surface area contributed by atoms with Crippen LogP contribution in [-0.2, 0) is 11.2 Å². The second-order valence-corrected chi connectivity index (χ2v) is 7.02. The third-order valence-electron chi connectivity index (χ3n) is 5.05. The summed E-state index contributed by atoms with van der Waals surface area (Å²) in [6.45, 7) is 0. The van der Waals surface area contributed by atoms with Gasteiger partial charge in [0.05, 0.1) is 16.8 Å². The van der Waals surface area contributed by atoms with Crippen molar-refractivity contribution in [2.24, 2.45) is 0 Å². The van der Waals surface area contributed by atoms with Gasteiger partial charge in [0.25, 0.3) is 0 Å². The largest absolute Gasteiger partial charge is 0.454 e. The van der Waals surface area contributed by atoms with Crippen molar-refractivity contribution in [2.75, 3.05) is 0 Å². The standard InChI is InChI=1S/C23H16N4O4/c28-22(30-19-9-7-18(8-10-19)27-14-24-25-26-27)16-6-11-20-17(12-16)13-21(31-23(20)29)15-4-2-1-3-5-15/h1-12,14,21H,13H2/t21-/m0/s1. The summed E-state index contributed by atoms with van der Waals surface area (Å²) in [5, 5.41) is 11.0. The predicted molar refractivity (Wildman–Crippen MR) is 109 cm³/mol. The molecular weight excluding hydrogens is 396 g/mol. The van der Waals surface area contributed by atoms with Gasteiger partial charge in [0.2, 0.25) is 0 Å². The number of carbonyl (C=O) groups is 2. The Kier molecular flexibility index (Phi) is 4.72. The molecule has 0 fully saturated rings. The molecule has 0 aliphatic carbocycles. The monoisotopic (exact) mass is 412 g/mol. The minimum Gasteiger partial charge on any atom is -0.454 e. The van der Waals surface area contributed by atoms with E-state index in [4.69, 9.17) is 9.47 Å². The maximum Gasteiger partial charge on any atom is 0.343 e. The Balaban J connectivity index is 1.34. The van der Waals surface area contributed by atoms with Gasteiger partial charge in [-0.1, -0.05) is 30.3 Å². The van der Waals surface area contributed by atoms with Gasteiger partial charge in [0, 0.05) is 6.42 Å². The highest BCUT2D eigenvalue weighted by atomic mass is 16.5. The highest BCUT2D eigenvalue weighted by Crippen LogP contribution is 2.31. The first kappa shape index (κ1) is 18.7. The molecule has 3 aromatic carbocycles. The van der Waals surface area contributed by atoms with Crippen LogP contribution in [-0.4, -0.2) is 32.1 Å². The van der Waals surface area contributed by atoms with E-state index in [0.29, 0.717) is 23.3 Å². The fourth-order valence-electron chi connectivity index (χ4n) is 3.49. The van der Waals surface area contributed by atoms with E-state index in [0.717, 1.165) is 16.8 Å². The maximum atomic E-state index is 12.7. The zero-order chi connectivity index (χ0) is 21.2. The van der Waals surface area contributed by atoms with Crippen LogP contribution in [0.5, 0.6) is 5.75 Å². The lowest BCUT2D eigenvalue weighted by atomic mass is 9.93. The first-order chi connectivity index (χ1) is 15.2.